The van der Waals surface area contributed by atoms with Crippen LogP contribution in [0.25, 0.3) is 0 Å². The Labute approximate surface area is 97.6 Å². The van der Waals surface area contributed by atoms with Crippen LogP contribution in [-0.4, -0.2) is 42.0 Å². The Morgan fingerprint density at radius 2 is 2.12 bits per heavy atom. The number of hydrogen-bond acceptors (Lipinski definition) is 3. The Morgan fingerprint density at radius 1 is 1.44 bits per heavy atom. The van der Waals surface area contributed by atoms with Gasteiger partial charge >= 0.3 is 0 Å². The highest BCUT2D eigenvalue weighted by atomic mass is 16.2. The molecule has 92 valence electrons. The summed E-state index contributed by atoms with van der Waals surface area (Å²) in [5.41, 5.74) is 4.97. The van der Waals surface area contributed by atoms with Crippen molar-refractivity contribution in [3.8, 4) is 0 Å². The fraction of sp³-hybridized carbons (Fsp3) is 0.917. The van der Waals surface area contributed by atoms with Crippen LogP contribution in [0.4, 0.5) is 0 Å². The van der Waals surface area contributed by atoms with E-state index in [0.717, 1.165) is 19.1 Å². The van der Waals surface area contributed by atoms with E-state index in [2.05, 4.69) is 10.2 Å². The average molecular weight is 225 g/mol. The number of nitrogens with two attached hydrogens (primary N) is 1. The molecule has 1 aliphatic heterocycles. The largest absolute Gasteiger partial charge is 0.354 e. The van der Waals surface area contributed by atoms with Crippen molar-refractivity contribution in [2.45, 2.75) is 44.7 Å². The van der Waals surface area contributed by atoms with Gasteiger partial charge in [-0.05, 0) is 45.6 Å². The van der Waals surface area contributed by atoms with Gasteiger partial charge in [-0.3, -0.25) is 4.79 Å². The third kappa shape index (κ3) is 2.95. The highest BCUT2D eigenvalue weighted by Crippen LogP contribution is 2.31. The van der Waals surface area contributed by atoms with Gasteiger partial charge in [-0.2, -0.15) is 0 Å². The molecule has 1 unspecified atom stereocenters. The van der Waals surface area contributed by atoms with Gasteiger partial charge in [0.05, 0.1) is 5.54 Å². The van der Waals surface area contributed by atoms with Crippen molar-refractivity contribution < 1.29 is 4.79 Å². The minimum atomic E-state index is -0.755. The molecule has 1 aliphatic carbocycles. The molecule has 1 amide bonds. The van der Waals surface area contributed by atoms with E-state index in [-0.39, 0.29) is 5.91 Å². The lowest BCUT2D eigenvalue weighted by Gasteiger charge is -2.20. The number of carbonyl (C=O) groups excluding carboxylic acids is 1. The molecule has 1 atom stereocenters. The van der Waals surface area contributed by atoms with Crippen LogP contribution in [-0.2, 0) is 4.79 Å². The second-order valence-electron chi connectivity index (χ2n) is 5.81. The number of amides is 1. The van der Waals surface area contributed by atoms with Crippen LogP contribution < -0.4 is 11.1 Å². The fourth-order valence-corrected chi connectivity index (χ4v) is 2.27. The summed E-state index contributed by atoms with van der Waals surface area (Å²) in [6, 6.07) is 0.853. The smallest absolute Gasteiger partial charge is 0.239 e. The average Bonchev–Trinajstić information content (AvgIpc) is 2.94. The lowest BCUT2D eigenvalue weighted by atomic mass is 10.1. The van der Waals surface area contributed by atoms with E-state index in [4.69, 9.17) is 5.73 Å². The van der Waals surface area contributed by atoms with E-state index >= 15 is 0 Å². The van der Waals surface area contributed by atoms with Crippen LogP contribution in [0, 0.1) is 5.92 Å². The normalized spacial score (nSPS) is 27.1. The van der Waals surface area contributed by atoms with Crippen molar-refractivity contribution in [1.82, 2.24) is 10.2 Å². The molecule has 2 rings (SSSR count). The van der Waals surface area contributed by atoms with Crippen LogP contribution in [0.3, 0.4) is 0 Å². The third-order valence-electron chi connectivity index (χ3n) is 3.52. The molecule has 0 aromatic rings. The third-order valence-corrected chi connectivity index (χ3v) is 3.52. The molecule has 0 aromatic heterocycles. The Balaban J connectivity index is 1.69. The molecule has 0 aromatic carbocycles. The molecule has 1 heterocycles. The van der Waals surface area contributed by atoms with Crippen molar-refractivity contribution in [3.63, 3.8) is 0 Å². The summed E-state index contributed by atoms with van der Waals surface area (Å²) in [5.74, 6) is 0.573. The van der Waals surface area contributed by atoms with E-state index in [1.54, 1.807) is 13.8 Å². The Bertz CT molecular complexity index is 268. The zero-order valence-electron chi connectivity index (χ0n) is 10.3. The van der Waals surface area contributed by atoms with Crippen molar-refractivity contribution >= 4 is 5.91 Å². The molecular formula is C12H23N3O. The number of hydrogen-bond donors (Lipinski definition) is 2. The number of rotatable bonds is 4. The van der Waals surface area contributed by atoms with Gasteiger partial charge in [-0.1, -0.05) is 0 Å². The molecule has 2 aliphatic rings. The number of likely N-dealkylation sites (tertiary alicyclic amines) is 1. The van der Waals surface area contributed by atoms with Crippen LogP contribution in [0.2, 0.25) is 0 Å². The Hall–Kier alpha value is -0.610. The van der Waals surface area contributed by atoms with Crippen molar-refractivity contribution in [2.75, 3.05) is 19.6 Å². The van der Waals surface area contributed by atoms with E-state index in [9.17, 15) is 4.79 Å². The van der Waals surface area contributed by atoms with E-state index in [1.165, 1.54) is 25.8 Å². The predicted octanol–water partition coefficient (Wildman–Crippen LogP) is 0.324. The maximum Gasteiger partial charge on any atom is 0.239 e. The van der Waals surface area contributed by atoms with Gasteiger partial charge in [0.1, 0.15) is 0 Å². The summed E-state index contributed by atoms with van der Waals surface area (Å²) in [5, 5.41) is 2.95. The molecule has 4 nitrogen and oxygen atoms in total. The van der Waals surface area contributed by atoms with Gasteiger partial charge in [-0.15, -0.1) is 0 Å². The number of nitrogens with one attached hydrogen (secondary N) is 1. The summed E-state index contributed by atoms with van der Waals surface area (Å²) in [6.07, 6.45) is 3.95. The number of carbonyl (C=O) groups is 1. The molecule has 0 spiro atoms. The highest BCUT2D eigenvalue weighted by Gasteiger charge is 2.34. The summed E-state index contributed by atoms with van der Waals surface area (Å²) in [7, 11) is 0. The van der Waals surface area contributed by atoms with Gasteiger partial charge in [0.15, 0.2) is 0 Å². The maximum absolute atomic E-state index is 11.6. The lowest BCUT2D eigenvalue weighted by molar-refractivity contribution is -0.125. The molecule has 1 saturated carbocycles. The highest BCUT2D eigenvalue weighted by molar-refractivity contribution is 5.84. The minimum Gasteiger partial charge on any atom is -0.354 e. The topological polar surface area (TPSA) is 58.4 Å². The monoisotopic (exact) mass is 225 g/mol. The molecular weight excluding hydrogens is 202 g/mol. The second-order valence-corrected chi connectivity index (χ2v) is 5.81. The van der Waals surface area contributed by atoms with E-state index in [1.807, 2.05) is 0 Å². The fourth-order valence-electron chi connectivity index (χ4n) is 2.27. The molecule has 3 N–H and O–H groups in total. The van der Waals surface area contributed by atoms with Crippen molar-refractivity contribution in [1.29, 1.82) is 0 Å². The van der Waals surface area contributed by atoms with E-state index < -0.39 is 5.54 Å². The Morgan fingerprint density at radius 3 is 2.69 bits per heavy atom. The summed E-state index contributed by atoms with van der Waals surface area (Å²) in [6.45, 7) is 6.62. The zero-order chi connectivity index (χ0) is 11.8. The van der Waals surface area contributed by atoms with E-state index in [0.29, 0.717) is 5.92 Å². The lowest BCUT2D eigenvalue weighted by Crippen LogP contribution is -2.50. The molecule has 1 saturated heterocycles. The van der Waals surface area contributed by atoms with Gasteiger partial charge in [-0.25, -0.2) is 0 Å². The maximum atomic E-state index is 11.6. The van der Waals surface area contributed by atoms with Crippen LogP contribution in [0.1, 0.15) is 33.1 Å². The standard InChI is InChI=1S/C12H23N3O/c1-12(2,13)11(16)14-7-9-5-6-15(8-9)10-3-4-10/h9-10H,3-8,13H2,1-2H3,(H,14,16). The predicted molar refractivity (Wildman–Crippen MR) is 64.0 cm³/mol. The molecule has 0 radical (unpaired) electrons. The van der Waals surface area contributed by atoms with Gasteiger partial charge in [0.25, 0.3) is 0 Å². The molecule has 16 heavy (non-hydrogen) atoms. The van der Waals surface area contributed by atoms with Gasteiger partial charge in [0, 0.05) is 19.1 Å². The molecule has 4 heteroatoms. The summed E-state index contributed by atoms with van der Waals surface area (Å²) < 4.78 is 0. The first-order valence-electron chi connectivity index (χ1n) is 6.28. The minimum absolute atomic E-state index is 0.0441. The summed E-state index contributed by atoms with van der Waals surface area (Å²) in [4.78, 5) is 14.2. The van der Waals surface area contributed by atoms with Crippen LogP contribution in [0.15, 0.2) is 0 Å². The molecule has 0 bridgehead atoms. The first kappa shape index (κ1) is 11.9. The van der Waals surface area contributed by atoms with Crippen molar-refractivity contribution in [3.05, 3.63) is 0 Å². The first-order valence-corrected chi connectivity index (χ1v) is 6.28. The van der Waals surface area contributed by atoms with Crippen LogP contribution in [0.5, 0.6) is 0 Å². The van der Waals surface area contributed by atoms with Gasteiger partial charge < -0.3 is 16.0 Å². The SMILES string of the molecule is CC(C)(N)C(=O)NCC1CCN(C2CC2)C1. The second kappa shape index (κ2) is 4.34. The van der Waals surface area contributed by atoms with Crippen LogP contribution >= 0.6 is 0 Å². The summed E-state index contributed by atoms with van der Waals surface area (Å²) >= 11 is 0. The van der Waals surface area contributed by atoms with Gasteiger partial charge in [0.2, 0.25) is 5.91 Å². The number of nitrogens with zero attached hydrogens (tertiary/aromatic N) is 1. The first-order chi connectivity index (χ1) is 7.47. The Kier molecular flexibility index (Phi) is 3.22. The quantitative estimate of drug-likeness (QED) is 0.724. The zero-order valence-corrected chi connectivity index (χ0v) is 10.3. The van der Waals surface area contributed by atoms with Crippen molar-refractivity contribution in [2.24, 2.45) is 11.7 Å². The molecule has 2 fully saturated rings.